The summed E-state index contributed by atoms with van der Waals surface area (Å²) in [6.45, 7) is 5.77. The number of hydrogen-bond donors (Lipinski definition) is 2. The second kappa shape index (κ2) is 7.68. The van der Waals surface area contributed by atoms with Gasteiger partial charge in [0.15, 0.2) is 5.52 Å². The summed E-state index contributed by atoms with van der Waals surface area (Å²) in [6, 6.07) is 8.10. The van der Waals surface area contributed by atoms with Crippen LogP contribution in [-0.4, -0.2) is 39.6 Å². The average Bonchev–Trinajstić information content (AvgIpc) is 3.14. The molecule has 3 aromatic rings. The van der Waals surface area contributed by atoms with Gasteiger partial charge in [-0.3, -0.25) is 15.5 Å². The summed E-state index contributed by atoms with van der Waals surface area (Å²) in [7, 11) is 0. The van der Waals surface area contributed by atoms with Crippen LogP contribution in [0.15, 0.2) is 40.1 Å². The third-order valence-corrected chi connectivity index (χ3v) is 4.12. The van der Waals surface area contributed by atoms with Gasteiger partial charge in [-0.2, -0.15) is 5.10 Å². The predicted octanol–water partition coefficient (Wildman–Crippen LogP) is 3.13. The normalized spacial score (nSPS) is 11.2. The quantitative estimate of drug-likeness (QED) is 0.368. The van der Waals surface area contributed by atoms with Crippen molar-refractivity contribution in [3.05, 3.63) is 46.0 Å². The molecule has 0 atom stereocenters. The molecule has 0 saturated carbocycles. The summed E-state index contributed by atoms with van der Waals surface area (Å²) < 4.78 is 4.60. The monoisotopic (exact) mass is 370 g/mol. The lowest BCUT2D eigenvalue weighted by atomic mass is 10.2. The van der Waals surface area contributed by atoms with Gasteiger partial charge >= 0.3 is 5.69 Å². The van der Waals surface area contributed by atoms with Crippen molar-refractivity contribution in [2.75, 3.05) is 23.4 Å². The number of aromatic hydroxyl groups is 1. The molecule has 0 aliphatic heterocycles. The number of nitro benzene ring substituents is 1. The molecule has 0 spiro atoms. The molecular formula is C17H18N6O4. The Bertz CT molecular complexity index is 996. The summed E-state index contributed by atoms with van der Waals surface area (Å²) in [5.74, 6) is 0.0990. The summed E-state index contributed by atoms with van der Waals surface area (Å²) in [5.41, 5.74) is 4.61. The first-order valence-electron chi connectivity index (χ1n) is 8.31. The zero-order valence-corrected chi connectivity index (χ0v) is 14.8. The minimum absolute atomic E-state index is 0.0339. The fourth-order valence-corrected chi connectivity index (χ4v) is 2.69. The van der Waals surface area contributed by atoms with Gasteiger partial charge in [-0.25, -0.2) is 4.63 Å². The van der Waals surface area contributed by atoms with Gasteiger partial charge in [0, 0.05) is 36.5 Å². The fourth-order valence-electron chi connectivity index (χ4n) is 2.69. The topological polar surface area (TPSA) is 130 Å². The number of nitro groups is 1. The van der Waals surface area contributed by atoms with Crippen LogP contribution in [-0.2, 0) is 0 Å². The van der Waals surface area contributed by atoms with Crippen molar-refractivity contribution in [2.45, 2.75) is 13.8 Å². The molecule has 0 bridgehead atoms. The maximum Gasteiger partial charge on any atom is 0.300 e. The molecule has 3 rings (SSSR count). The van der Waals surface area contributed by atoms with Crippen LogP contribution in [0.25, 0.3) is 11.0 Å². The Balaban J connectivity index is 1.80. The Morgan fingerprint density at radius 3 is 2.67 bits per heavy atom. The van der Waals surface area contributed by atoms with Crippen molar-refractivity contribution < 1.29 is 14.7 Å². The van der Waals surface area contributed by atoms with Crippen LogP contribution in [0.1, 0.15) is 19.4 Å². The molecule has 140 valence electrons. The van der Waals surface area contributed by atoms with Gasteiger partial charge in [-0.05, 0) is 42.4 Å². The second-order valence-electron chi connectivity index (χ2n) is 5.64. The van der Waals surface area contributed by atoms with E-state index in [1.54, 1.807) is 12.1 Å². The summed E-state index contributed by atoms with van der Waals surface area (Å²) in [4.78, 5) is 12.5. The Hall–Kier alpha value is -3.69. The molecule has 0 fully saturated rings. The molecule has 0 radical (unpaired) electrons. The first-order chi connectivity index (χ1) is 13.0. The Labute approximate surface area is 154 Å². The number of anilines is 2. The number of nitrogens with zero attached hydrogens (tertiary/aromatic N) is 5. The van der Waals surface area contributed by atoms with E-state index < -0.39 is 4.92 Å². The summed E-state index contributed by atoms with van der Waals surface area (Å²) >= 11 is 0. The highest BCUT2D eigenvalue weighted by Gasteiger charge is 2.19. The van der Waals surface area contributed by atoms with Crippen molar-refractivity contribution >= 4 is 34.3 Å². The van der Waals surface area contributed by atoms with Crippen molar-refractivity contribution in [2.24, 2.45) is 5.10 Å². The van der Waals surface area contributed by atoms with Crippen LogP contribution in [0.2, 0.25) is 0 Å². The lowest BCUT2D eigenvalue weighted by molar-refractivity contribution is -0.383. The molecule has 0 aliphatic carbocycles. The number of fused-ring (bicyclic) bond motifs is 1. The van der Waals surface area contributed by atoms with Crippen LogP contribution in [0.5, 0.6) is 5.75 Å². The number of phenols is 1. The van der Waals surface area contributed by atoms with Gasteiger partial charge in [-0.1, -0.05) is 0 Å². The standard InChI is InChI=1S/C17H18N6O4/c1-3-22(4-2)12-6-5-11(15(24)9-12)10-18-19-13-7-8-14(23(25)26)17-16(13)20-27-21-17/h5-10,19,24H,3-4H2,1-2H3/b18-10+. The van der Waals surface area contributed by atoms with Crippen molar-refractivity contribution in [1.82, 2.24) is 10.3 Å². The maximum absolute atomic E-state index is 11.0. The first kappa shape index (κ1) is 18.1. The lowest BCUT2D eigenvalue weighted by Crippen LogP contribution is -2.21. The van der Waals surface area contributed by atoms with Gasteiger partial charge in [0.25, 0.3) is 0 Å². The minimum atomic E-state index is -0.560. The number of rotatable bonds is 7. The van der Waals surface area contributed by atoms with Gasteiger partial charge in [0.05, 0.1) is 16.8 Å². The lowest BCUT2D eigenvalue weighted by Gasteiger charge is -2.21. The number of nitrogens with one attached hydrogen (secondary N) is 1. The Morgan fingerprint density at radius 1 is 1.26 bits per heavy atom. The number of non-ortho nitro benzene ring substituents is 1. The van der Waals surface area contributed by atoms with Crippen LogP contribution < -0.4 is 10.3 Å². The van der Waals surface area contributed by atoms with E-state index in [4.69, 9.17) is 0 Å². The minimum Gasteiger partial charge on any atom is -0.507 e. The SMILES string of the molecule is CCN(CC)c1ccc(/C=N/Nc2ccc([N+](=O)[O-])c3nonc23)c(O)c1. The zero-order chi connectivity index (χ0) is 19.4. The molecule has 0 aliphatic rings. The van der Waals surface area contributed by atoms with Crippen molar-refractivity contribution in [3.8, 4) is 5.75 Å². The van der Waals surface area contributed by atoms with Crippen LogP contribution in [0.3, 0.4) is 0 Å². The molecular weight excluding hydrogens is 352 g/mol. The molecule has 0 saturated heterocycles. The van der Waals surface area contributed by atoms with E-state index in [0.29, 0.717) is 11.3 Å². The van der Waals surface area contributed by atoms with E-state index in [1.165, 1.54) is 18.3 Å². The average molecular weight is 370 g/mol. The largest absolute Gasteiger partial charge is 0.507 e. The highest BCUT2D eigenvalue weighted by molar-refractivity contribution is 5.94. The van der Waals surface area contributed by atoms with Crippen LogP contribution >= 0.6 is 0 Å². The van der Waals surface area contributed by atoms with Crippen molar-refractivity contribution in [1.29, 1.82) is 0 Å². The maximum atomic E-state index is 11.0. The number of hydrogen-bond acceptors (Lipinski definition) is 9. The molecule has 2 aromatic carbocycles. The molecule has 27 heavy (non-hydrogen) atoms. The Morgan fingerprint density at radius 2 is 2.00 bits per heavy atom. The molecule has 1 aromatic heterocycles. The summed E-state index contributed by atoms with van der Waals surface area (Å²) in [5, 5.41) is 32.5. The second-order valence-corrected chi connectivity index (χ2v) is 5.64. The molecule has 1 heterocycles. The molecule has 0 amide bonds. The third kappa shape index (κ3) is 3.64. The molecule has 2 N–H and O–H groups in total. The molecule has 0 unspecified atom stereocenters. The van der Waals surface area contributed by atoms with Gasteiger partial charge in [-0.15, -0.1) is 0 Å². The zero-order valence-electron chi connectivity index (χ0n) is 14.8. The van der Waals surface area contributed by atoms with E-state index in [-0.39, 0.29) is 22.5 Å². The highest BCUT2D eigenvalue weighted by Crippen LogP contribution is 2.29. The fraction of sp³-hybridized carbons (Fsp3) is 0.235. The van der Waals surface area contributed by atoms with E-state index >= 15 is 0 Å². The number of benzene rings is 2. The third-order valence-electron chi connectivity index (χ3n) is 4.12. The molecule has 10 heteroatoms. The molecule has 10 nitrogen and oxygen atoms in total. The summed E-state index contributed by atoms with van der Waals surface area (Å²) in [6.07, 6.45) is 1.45. The highest BCUT2D eigenvalue weighted by atomic mass is 16.6. The first-order valence-corrected chi connectivity index (χ1v) is 8.31. The van der Waals surface area contributed by atoms with Crippen LogP contribution in [0, 0.1) is 10.1 Å². The van der Waals surface area contributed by atoms with E-state index in [9.17, 15) is 15.2 Å². The van der Waals surface area contributed by atoms with E-state index in [2.05, 4.69) is 30.4 Å². The van der Waals surface area contributed by atoms with E-state index in [1.807, 2.05) is 19.9 Å². The predicted molar refractivity (Wildman–Crippen MR) is 101 cm³/mol. The number of hydrazone groups is 1. The van der Waals surface area contributed by atoms with Gasteiger partial charge in [0.2, 0.25) is 5.52 Å². The van der Waals surface area contributed by atoms with Crippen molar-refractivity contribution in [3.63, 3.8) is 0 Å². The van der Waals surface area contributed by atoms with Gasteiger partial charge in [0.1, 0.15) is 5.75 Å². The Kier molecular flexibility index (Phi) is 5.15. The number of aromatic nitrogens is 2. The van der Waals surface area contributed by atoms with E-state index in [0.717, 1.165) is 18.8 Å². The smallest absolute Gasteiger partial charge is 0.300 e. The number of phenolic OH excluding ortho intramolecular Hbond substituents is 1. The van der Waals surface area contributed by atoms with Crippen LogP contribution in [0.4, 0.5) is 17.1 Å². The van der Waals surface area contributed by atoms with Gasteiger partial charge < -0.3 is 10.0 Å².